The number of halogens is 1. The standard InChI is InChI=1S/C42H60FN5O10/c1-11-31-42(7)34(47-39(53)58-42)24(3)32(49)23(2)17-40(5,54-10)36(25(4)35(51)41(6,43)38(52)56-31)57-37-33(50)30(48(8)9)16-29(55-37)21-44-18-26-13-12-14-27(15-26)28-19-45-22-46-20-28/h12-15,19-20,22-25,29-31,33-34,36-37,44,50H,11,16-18,21H2,1-10H3,(H,47,53)/t23-,24+,25+,29?,30?,31-,33?,34-,36-,37+,40-,41+,42-/m1/s1. The number of nitrogens with zero attached hydrogens (tertiary/aromatic N) is 3. The molecule has 3 N–H and O–H groups in total. The zero-order chi connectivity index (χ0) is 42.7. The Bertz CT molecular complexity index is 1790. The van der Waals surface area contributed by atoms with Crippen LogP contribution in [0.15, 0.2) is 43.0 Å². The molecule has 3 aliphatic heterocycles. The van der Waals surface area contributed by atoms with Crippen LogP contribution >= 0.6 is 0 Å². The van der Waals surface area contributed by atoms with Crippen LogP contribution in [-0.2, 0) is 44.6 Å². The smallest absolute Gasteiger partial charge is 0.408 e. The Balaban J connectivity index is 1.44. The summed E-state index contributed by atoms with van der Waals surface area (Å²) in [5.41, 5.74) is -3.34. The van der Waals surface area contributed by atoms with Crippen LogP contribution in [0.5, 0.6) is 0 Å². The molecule has 4 heterocycles. The molecule has 3 unspecified atom stereocenters. The number of esters is 1. The number of nitrogens with one attached hydrogen (secondary N) is 2. The van der Waals surface area contributed by atoms with E-state index in [-0.39, 0.29) is 18.6 Å². The average Bonchev–Trinajstić information content (AvgIpc) is 3.52. The van der Waals surface area contributed by atoms with E-state index in [4.69, 9.17) is 23.7 Å². The summed E-state index contributed by atoms with van der Waals surface area (Å²) in [6, 6.07) is 6.59. The molecule has 58 heavy (non-hydrogen) atoms. The predicted octanol–water partition coefficient (Wildman–Crippen LogP) is 3.80. The lowest BCUT2D eigenvalue weighted by Crippen LogP contribution is -2.62. The van der Waals surface area contributed by atoms with Crippen molar-refractivity contribution in [2.45, 2.75) is 134 Å². The molecular weight excluding hydrogens is 753 g/mol. The number of amides is 1. The number of Topliss-reactive ketones (excluding diaryl/α,β-unsaturated/α-hetero) is 2. The summed E-state index contributed by atoms with van der Waals surface area (Å²) in [7, 11) is 5.04. The van der Waals surface area contributed by atoms with Crippen LogP contribution < -0.4 is 10.6 Å². The fourth-order valence-electron chi connectivity index (χ4n) is 8.90. The van der Waals surface area contributed by atoms with Gasteiger partial charge in [-0.2, -0.15) is 0 Å². The van der Waals surface area contributed by atoms with Gasteiger partial charge in [-0.1, -0.05) is 45.9 Å². The highest BCUT2D eigenvalue weighted by Gasteiger charge is 2.59. The number of carbonyl (C=O) groups excluding carboxylic acids is 4. The highest BCUT2D eigenvalue weighted by molar-refractivity contribution is 6.08. The number of hydrogen-bond acceptors (Lipinski definition) is 14. The first-order valence-corrected chi connectivity index (χ1v) is 20.0. The van der Waals surface area contributed by atoms with Crippen molar-refractivity contribution in [2.75, 3.05) is 27.7 Å². The van der Waals surface area contributed by atoms with Crippen LogP contribution in [0, 0.1) is 17.8 Å². The SMILES string of the molecule is CC[C@H]1OC(=O)[C@@](C)(F)C(=O)[C@H](C)[C@@H](O[C@@H]2OC(CNCc3cccc(-c4cncnc4)c3)CC(N(C)C)C2O)[C@](C)(OC)C[C@@H](C)C(=O)[C@H](C)[C@H]2NC(=O)O[C@@]21C. The van der Waals surface area contributed by atoms with Gasteiger partial charge in [-0.15, -0.1) is 0 Å². The minimum absolute atomic E-state index is 0.0169. The van der Waals surface area contributed by atoms with Crippen molar-refractivity contribution in [1.29, 1.82) is 0 Å². The number of aliphatic hydroxyl groups excluding tert-OH is 1. The van der Waals surface area contributed by atoms with Crippen molar-refractivity contribution in [3.05, 3.63) is 48.5 Å². The van der Waals surface area contributed by atoms with E-state index >= 15 is 4.39 Å². The molecule has 3 saturated heterocycles. The minimum atomic E-state index is -3.18. The van der Waals surface area contributed by atoms with E-state index in [1.807, 2.05) is 43.3 Å². The molecule has 0 saturated carbocycles. The third kappa shape index (κ3) is 9.27. The number of alkyl carbamates (subject to hydrolysis) is 1. The molecule has 3 aliphatic rings. The van der Waals surface area contributed by atoms with E-state index in [2.05, 4.69) is 20.6 Å². The van der Waals surface area contributed by atoms with Gasteiger partial charge in [0.25, 0.3) is 5.67 Å². The highest BCUT2D eigenvalue weighted by Crippen LogP contribution is 2.41. The van der Waals surface area contributed by atoms with Gasteiger partial charge in [0.05, 0.1) is 23.9 Å². The molecule has 5 rings (SSSR count). The van der Waals surface area contributed by atoms with Crippen LogP contribution in [0.1, 0.15) is 73.3 Å². The molecule has 13 atom stereocenters. The number of hydrogen-bond donors (Lipinski definition) is 3. The summed E-state index contributed by atoms with van der Waals surface area (Å²) >= 11 is 0. The maximum Gasteiger partial charge on any atom is 0.408 e. The van der Waals surface area contributed by atoms with Crippen molar-refractivity contribution in [2.24, 2.45) is 17.8 Å². The molecule has 3 fully saturated rings. The van der Waals surface area contributed by atoms with Gasteiger partial charge in [-0.3, -0.25) is 9.59 Å². The van der Waals surface area contributed by atoms with Crippen LogP contribution in [0.25, 0.3) is 11.1 Å². The van der Waals surface area contributed by atoms with Gasteiger partial charge in [0.15, 0.2) is 17.7 Å². The molecule has 1 aromatic heterocycles. The molecular formula is C42H60FN5O10. The fourth-order valence-corrected chi connectivity index (χ4v) is 8.90. The zero-order valence-corrected chi connectivity index (χ0v) is 35.2. The van der Waals surface area contributed by atoms with Crippen molar-refractivity contribution in [3.63, 3.8) is 0 Å². The summed E-state index contributed by atoms with van der Waals surface area (Å²) < 4.78 is 47.2. The molecule has 1 amide bonds. The lowest BCUT2D eigenvalue weighted by molar-refractivity contribution is -0.297. The third-order valence-corrected chi connectivity index (χ3v) is 12.4. The van der Waals surface area contributed by atoms with E-state index in [0.29, 0.717) is 19.5 Å². The van der Waals surface area contributed by atoms with Crippen LogP contribution in [-0.4, -0.2) is 131 Å². The van der Waals surface area contributed by atoms with Gasteiger partial charge in [-0.05, 0) is 71.3 Å². The number of aromatic nitrogens is 2. The van der Waals surface area contributed by atoms with Crippen molar-refractivity contribution < 1.29 is 52.4 Å². The Morgan fingerprint density at radius 2 is 1.74 bits per heavy atom. The second kappa shape index (κ2) is 18.1. The maximum absolute atomic E-state index is 16.8. The van der Waals surface area contributed by atoms with Crippen LogP contribution in [0.2, 0.25) is 0 Å². The molecule has 0 spiro atoms. The second-order valence-electron chi connectivity index (χ2n) is 16.9. The predicted molar refractivity (Wildman–Crippen MR) is 210 cm³/mol. The zero-order valence-electron chi connectivity index (χ0n) is 35.2. The van der Waals surface area contributed by atoms with Gasteiger partial charge in [0.2, 0.25) is 0 Å². The van der Waals surface area contributed by atoms with Gasteiger partial charge in [0.1, 0.15) is 24.3 Å². The van der Waals surface area contributed by atoms with E-state index in [0.717, 1.165) is 23.6 Å². The lowest BCUT2D eigenvalue weighted by Gasteiger charge is -2.47. The number of rotatable bonds is 10. The number of ketones is 2. The third-order valence-electron chi connectivity index (χ3n) is 12.4. The summed E-state index contributed by atoms with van der Waals surface area (Å²) in [6.45, 7) is 11.3. The number of carbonyl (C=O) groups is 4. The highest BCUT2D eigenvalue weighted by atomic mass is 19.1. The number of alkyl halides is 1. The molecule has 1 aromatic carbocycles. The van der Waals surface area contributed by atoms with E-state index in [9.17, 15) is 24.3 Å². The largest absolute Gasteiger partial charge is 0.455 e. The van der Waals surface area contributed by atoms with Crippen molar-refractivity contribution in [1.82, 2.24) is 25.5 Å². The van der Waals surface area contributed by atoms with E-state index < -0.39 is 95.3 Å². The van der Waals surface area contributed by atoms with Crippen LogP contribution in [0.4, 0.5) is 9.18 Å². The summed E-state index contributed by atoms with van der Waals surface area (Å²) in [5, 5.41) is 17.9. The Kier molecular flexibility index (Phi) is 14.1. The normalized spacial score (nSPS) is 37.7. The minimum Gasteiger partial charge on any atom is -0.455 e. The Morgan fingerprint density at radius 3 is 2.38 bits per heavy atom. The molecule has 2 aromatic rings. The summed E-state index contributed by atoms with van der Waals surface area (Å²) in [6.07, 6.45) is -0.910. The molecule has 320 valence electrons. The molecule has 15 nitrogen and oxygen atoms in total. The Hall–Kier alpha value is -3.93. The number of fused-ring (bicyclic) bond motifs is 1. The summed E-state index contributed by atoms with van der Waals surface area (Å²) in [4.78, 5) is 64.9. The molecule has 0 bridgehead atoms. The van der Waals surface area contributed by atoms with Gasteiger partial charge in [-0.25, -0.2) is 23.9 Å². The molecule has 16 heteroatoms. The Morgan fingerprint density at radius 1 is 1.05 bits per heavy atom. The van der Waals surface area contributed by atoms with Crippen LogP contribution in [0.3, 0.4) is 0 Å². The average molecular weight is 814 g/mol. The molecule has 0 radical (unpaired) electrons. The topological polar surface area (TPSA) is 188 Å². The number of cyclic esters (lactones) is 1. The summed E-state index contributed by atoms with van der Waals surface area (Å²) in [5.74, 6) is -5.87. The number of benzene rings is 1. The van der Waals surface area contributed by atoms with Crippen molar-refractivity contribution >= 4 is 23.6 Å². The second-order valence-corrected chi connectivity index (χ2v) is 16.9. The lowest BCUT2D eigenvalue weighted by atomic mass is 9.73. The first kappa shape index (κ1) is 45.2. The monoisotopic (exact) mass is 813 g/mol. The van der Waals surface area contributed by atoms with Gasteiger partial charge < -0.3 is 44.3 Å². The fraction of sp³-hybridized carbons (Fsp3) is 0.667. The first-order chi connectivity index (χ1) is 27.3. The number of ether oxygens (including phenoxy) is 5. The first-order valence-electron chi connectivity index (χ1n) is 20.0. The van der Waals surface area contributed by atoms with Gasteiger partial charge in [0, 0.05) is 62.0 Å². The number of methoxy groups -OCH3 is 1. The maximum atomic E-state index is 16.8. The number of likely N-dealkylation sites (N-methyl/N-ethyl adjacent to an activating group) is 1. The Labute approximate surface area is 340 Å². The molecule has 0 aliphatic carbocycles. The quantitative estimate of drug-likeness (QED) is 0.232. The van der Waals surface area contributed by atoms with Crippen molar-refractivity contribution in [3.8, 4) is 11.1 Å². The van der Waals surface area contributed by atoms with Gasteiger partial charge >= 0.3 is 12.1 Å². The van der Waals surface area contributed by atoms with E-state index in [1.165, 1.54) is 27.3 Å². The van der Waals surface area contributed by atoms with E-state index in [1.54, 1.807) is 40.1 Å². The number of aliphatic hydroxyl groups is 1.